The standard InChI is InChI=1S/C12H21N5O/c1-8(2)10-15-11(17-16-10)12(18)14-7-5-9-4-3-6-13-9/h8-9,13H,3-7H2,1-2H3,(H,14,18)(H,15,16,17)/t9-/m0/s1. The van der Waals surface area contributed by atoms with Crippen LogP contribution >= 0.6 is 0 Å². The van der Waals surface area contributed by atoms with E-state index in [9.17, 15) is 4.79 Å². The molecule has 6 nitrogen and oxygen atoms in total. The van der Waals surface area contributed by atoms with Crippen LogP contribution in [0.15, 0.2) is 0 Å². The van der Waals surface area contributed by atoms with Crippen molar-refractivity contribution >= 4 is 5.91 Å². The van der Waals surface area contributed by atoms with Gasteiger partial charge in [0.2, 0.25) is 5.82 Å². The molecular weight excluding hydrogens is 230 g/mol. The molecule has 1 aromatic heterocycles. The fourth-order valence-corrected chi connectivity index (χ4v) is 2.08. The molecular formula is C12H21N5O. The van der Waals surface area contributed by atoms with Crippen LogP contribution in [0.25, 0.3) is 0 Å². The lowest BCUT2D eigenvalue weighted by Gasteiger charge is -2.09. The maximum absolute atomic E-state index is 11.8. The molecule has 1 aliphatic heterocycles. The van der Waals surface area contributed by atoms with Gasteiger partial charge in [0.15, 0.2) is 0 Å². The second kappa shape index (κ2) is 5.95. The summed E-state index contributed by atoms with van der Waals surface area (Å²) in [5.41, 5.74) is 0. The van der Waals surface area contributed by atoms with Crippen molar-refractivity contribution in [1.29, 1.82) is 0 Å². The lowest BCUT2D eigenvalue weighted by atomic mass is 10.1. The second-order valence-corrected chi connectivity index (χ2v) is 5.04. The minimum Gasteiger partial charge on any atom is -0.349 e. The van der Waals surface area contributed by atoms with E-state index in [2.05, 4.69) is 25.8 Å². The predicted molar refractivity (Wildman–Crippen MR) is 68.4 cm³/mol. The fraction of sp³-hybridized carbons (Fsp3) is 0.750. The minimum atomic E-state index is -0.198. The number of carbonyl (C=O) groups is 1. The molecule has 2 heterocycles. The summed E-state index contributed by atoms with van der Waals surface area (Å²) < 4.78 is 0. The molecule has 3 N–H and O–H groups in total. The molecule has 0 aromatic carbocycles. The van der Waals surface area contributed by atoms with Crippen LogP contribution in [-0.2, 0) is 0 Å². The molecule has 1 saturated heterocycles. The van der Waals surface area contributed by atoms with E-state index in [1.807, 2.05) is 13.8 Å². The molecule has 1 aliphatic rings. The molecule has 6 heteroatoms. The highest BCUT2D eigenvalue weighted by Gasteiger charge is 2.16. The quantitative estimate of drug-likeness (QED) is 0.723. The average Bonchev–Trinajstić information content (AvgIpc) is 2.99. The van der Waals surface area contributed by atoms with Crippen LogP contribution in [-0.4, -0.2) is 40.2 Å². The van der Waals surface area contributed by atoms with Crippen molar-refractivity contribution < 1.29 is 4.79 Å². The molecule has 18 heavy (non-hydrogen) atoms. The Morgan fingerprint density at radius 2 is 2.39 bits per heavy atom. The van der Waals surface area contributed by atoms with E-state index in [4.69, 9.17) is 0 Å². The van der Waals surface area contributed by atoms with Crippen molar-refractivity contribution in [2.45, 2.75) is 45.1 Å². The lowest BCUT2D eigenvalue weighted by molar-refractivity contribution is 0.0942. The first-order chi connectivity index (χ1) is 8.66. The van der Waals surface area contributed by atoms with Crippen LogP contribution in [0.3, 0.4) is 0 Å². The molecule has 0 radical (unpaired) electrons. The second-order valence-electron chi connectivity index (χ2n) is 5.04. The summed E-state index contributed by atoms with van der Waals surface area (Å²) in [5.74, 6) is 1.04. The third kappa shape index (κ3) is 3.29. The normalized spacial score (nSPS) is 19.4. The number of aromatic amines is 1. The zero-order chi connectivity index (χ0) is 13.0. The van der Waals surface area contributed by atoms with Gasteiger partial charge in [0.1, 0.15) is 5.82 Å². The smallest absolute Gasteiger partial charge is 0.290 e. The van der Waals surface area contributed by atoms with Gasteiger partial charge in [-0.2, -0.15) is 0 Å². The van der Waals surface area contributed by atoms with E-state index in [-0.39, 0.29) is 17.6 Å². The van der Waals surface area contributed by atoms with E-state index < -0.39 is 0 Å². The van der Waals surface area contributed by atoms with Crippen LogP contribution in [0.2, 0.25) is 0 Å². The van der Waals surface area contributed by atoms with E-state index in [0.29, 0.717) is 12.6 Å². The monoisotopic (exact) mass is 251 g/mol. The number of amides is 1. The zero-order valence-corrected chi connectivity index (χ0v) is 11.0. The SMILES string of the molecule is CC(C)c1nc(C(=O)NCC[C@@H]2CCCN2)n[nH]1. The first kappa shape index (κ1) is 13.0. The average molecular weight is 251 g/mol. The van der Waals surface area contributed by atoms with Crippen molar-refractivity contribution in [3.63, 3.8) is 0 Å². The molecule has 1 aromatic rings. The Morgan fingerprint density at radius 3 is 3.00 bits per heavy atom. The number of nitrogens with one attached hydrogen (secondary N) is 3. The number of rotatable bonds is 5. The predicted octanol–water partition coefficient (Wildman–Crippen LogP) is 0.800. The first-order valence-electron chi connectivity index (χ1n) is 6.60. The number of H-pyrrole nitrogens is 1. The van der Waals surface area contributed by atoms with Gasteiger partial charge in [0.05, 0.1) is 0 Å². The van der Waals surface area contributed by atoms with Gasteiger partial charge in [-0.05, 0) is 25.8 Å². The highest BCUT2D eigenvalue weighted by Crippen LogP contribution is 2.08. The van der Waals surface area contributed by atoms with E-state index in [1.54, 1.807) is 0 Å². The maximum Gasteiger partial charge on any atom is 0.290 e. The van der Waals surface area contributed by atoms with Gasteiger partial charge >= 0.3 is 0 Å². The highest BCUT2D eigenvalue weighted by molar-refractivity contribution is 5.90. The van der Waals surface area contributed by atoms with Crippen LogP contribution < -0.4 is 10.6 Å². The zero-order valence-electron chi connectivity index (χ0n) is 11.0. The van der Waals surface area contributed by atoms with Gasteiger partial charge in [-0.1, -0.05) is 13.8 Å². The molecule has 1 atom stereocenters. The molecule has 1 fully saturated rings. The Balaban J connectivity index is 1.76. The molecule has 100 valence electrons. The molecule has 1 amide bonds. The minimum absolute atomic E-state index is 0.198. The van der Waals surface area contributed by atoms with Crippen LogP contribution in [0.4, 0.5) is 0 Å². The number of hydrogen-bond donors (Lipinski definition) is 3. The lowest BCUT2D eigenvalue weighted by Crippen LogP contribution is -2.31. The summed E-state index contributed by atoms with van der Waals surface area (Å²) in [6.07, 6.45) is 3.40. The third-order valence-electron chi connectivity index (χ3n) is 3.19. The van der Waals surface area contributed by atoms with Gasteiger partial charge in [0, 0.05) is 18.5 Å². The Labute approximate surface area is 107 Å². The largest absolute Gasteiger partial charge is 0.349 e. The van der Waals surface area contributed by atoms with Crippen LogP contribution in [0.5, 0.6) is 0 Å². The van der Waals surface area contributed by atoms with E-state index in [1.165, 1.54) is 12.8 Å². The molecule has 0 unspecified atom stereocenters. The van der Waals surface area contributed by atoms with Gasteiger partial charge in [-0.15, -0.1) is 5.10 Å². The molecule has 0 aliphatic carbocycles. The number of carbonyl (C=O) groups excluding carboxylic acids is 1. The molecule has 0 bridgehead atoms. The Morgan fingerprint density at radius 1 is 1.56 bits per heavy atom. The van der Waals surface area contributed by atoms with Crippen molar-refractivity contribution in [3.05, 3.63) is 11.6 Å². The topological polar surface area (TPSA) is 82.7 Å². The Bertz CT molecular complexity index is 395. The Kier molecular flexibility index (Phi) is 4.30. The van der Waals surface area contributed by atoms with Gasteiger partial charge < -0.3 is 10.6 Å². The van der Waals surface area contributed by atoms with E-state index in [0.717, 1.165) is 18.8 Å². The number of aromatic nitrogens is 3. The summed E-state index contributed by atoms with van der Waals surface area (Å²) >= 11 is 0. The van der Waals surface area contributed by atoms with Gasteiger partial charge in [-0.25, -0.2) is 4.98 Å². The maximum atomic E-state index is 11.8. The number of hydrogen-bond acceptors (Lipinski definition) is 4. The van der Waals surface area contributed by atoms with Crippen molar-refractivity contribution in [3.8, 4) is 0 Å². The summed E-state index contributed by atoms with van der Waals surface area (Å²) in [5, 5.41) is 13.0. The molecule has 0 spiro atoms. The van der Waals surface area contributed by atoms with E-state index >= 15 is 0 Å². The highest BCUT2D eigenvalue weighted by atomic mass is 16.2. The van der Waals surface area contributed by atoms with Crippen LogP contribution in [0, 0.1) is 0 Å². The molecule has 0 saturated carbocycles. The first-order valence-corrected chi connectivity index (χ1v) is 6.60. The molecule has 2 rings (SSSR count). The van der Waals surface area contributed by atoms with Crippen LogP contribution in [0.1, 0.15) is 55.5 Å². The summed E-state index contributed by atoms with van der Waals surface area (Å²) in [6.45, 7) is 5.78. The third-order valence-corrected chi connectivity index (χ3v) is 3.19. The summed E-state index contributed by atoms with van der Waals surface area (Å²) in [6, 6.07) is 0.545. The Hall–Kier alpha value is -1.43. The van der Waals surface area contributed by atoms with Crippen molar-refractivity contribution in [2.24, 2.45) is 0 Å². The van der Waals surface area contributed by atoms with Gasteiger partial charge in [-0.3, -0.25) is 9.89 Å². The summed E-state index contributed by atoms with van der Waals surface area (Å²) in [4.78, 5) is 15.9. The van der Waals surface area contributed by atoms with Gasteiger partial charge in [0.25, 0.3) is 5.91 Å². The number of nitrogens with zero attached hydrogens (tertiary/aromatic N) is 2. The van der Waals surface area contributed by atoms with Crippen molar-refractivity contribution in [2.75, 3.05) is 13.1 Å². The van der Waals surface area contributed by atoms with Crippen molar-refractivity contribution in [1.82, 2.24) is 25.8 Å². The fourth-order valence-electron chi connectivity index (χ4n) is 2.08. The summed E-state index contributed by atoms with van der Waals surface area (Å²) in [7, 11) is 0.